The molecule has 2 aromatic heterocycles. The van der Waals surface area contributed by atoms with E-state index in [1.165, 1.54) is 0 Å². The average Bonchev–Trinajstić information content (AvgIpc) is 3.21. The van der Waals surface area contributed by atoms with E-state index in [9.17, 15) is 4.79 Å². The van der Waals surface area contributed by atoms with E-state index in [1.807, 2.05) is 65.3 Å². The highest BCUT2D eigenvalue weighted by atomic mass is 16.5. The third-order valence-electron chi connectivity index (χ3n) is 4.73. The Morgan fingerprint density at radius 2 is 1.86 bits per heavy atom. The van der Waals surface area contributed by atoms with Crippen molar-refractivity contribution in [2.75, 3.05) is 14.2 Å². The Hall–Kier alpha value is -3.86. The van der Waals surface area contributed by atoms with Crippen LogP contribution in [0, 0.1) is 0 Å². The average molecular weight is 384 g/mol. The molecule has 0 bridgehead atoms. The quantitative estimate of drug-likeness (QED) is 0.350. The van der Waals surface area contributed by atoms with Gasteiger partial charge >= 0.3 is 0 Å². The van der Waals surface area contributed by atoms with Crippen LogP contribution in [0.1, 0.15) is 15.9 Å². The molecule has 0 unspecified atom stereocenters. The number of ketones is 1. The highest BCUT2D eigenvalue weighted by Gasteiger charge is 2.11. The van der Waals surface area contributed by atoms with Crippen LogP contribution in [0.4, 0.5) is 0 Å². The topological polar surface area (TPSA) is 52.8 Å². The fourth-order valence-electron chi connectivity index (χ4n) is 3.18. The molecule has 2 heterocycles. The number of hydrogen-bond acceptors (Lipinski definition) is 4. The monoisotopic (exact) mass is 384 g/mol. The summed E-state index contributed by atoms with van der Waals surface area (Å²) in [5, 5.41) is 0. The van der Waals surface area contributed by atoms with Gasteiger partial charge in [-0.2, -0.15) is 0 Å². The SMILES string of the molecule is COc1ccc(/C=C/C(=O)c2ccn3cc(-c4ccccc4)ncc23)c(OC)c1. The number of methoxy groups -OCH3 is 2. The molecule has 2 aromatic carbocycles. The van der Waals surface area contributed by atoms with E-state index in [0.717, 1.165) is 22.3 Å². The molecule has 144 valence electrons. The van der Waals surface area contributed by atoms with Gasteiger partial charge in [0.1, 0.15) is 11.5 Å². The van der Waals surface area contributed by atoms with Crippen molar-refractivity contribution in [2.24, 2.45) is 0 Å². The lowest BCUT2D eigenvalue weighted by Crippen LogP contribution is -1.96. The first kappa shape index (κ1) is 18.5. The number of hydrogen-bond donors (Lipinski definition) is 0. The summed E-state index contributed by atoms with van der Waals surface area (Å²) in [4.78, 5) is 17.3. The molecule has 5 heteroatoms. The number of ether oxygens (including phenoxy) is 2. The predicted molar refractivity (Wildman–Crippen MR) is 114 cm³/mol. The van der Waals surface area contributed by atoms with Crippen LogP contribution >= 0.6 is 0 Å². The van der Waals surface area contributed by atoms with Crippen molar-refractivity contribution in [3.63, 3.8) is 0 Å². The van der Waals surface area contributed by atoms with Crippen LogP contribution in [0.2, 0.25) is 0 Å². The Morgan fingerprint density at radius 1 is 1.03 bits per heavy atom. The van der Waals surface area contributed by atoms with Crippen molar-refractivity contribution >= 4 is 17.4 Å². The second-order valence-electron chi connectivity index (χ2n) is 6.47. The maximum absolute atomic E-state index is 12.8. The van der Waals surface area contributed by atoms with Gasteiger partial charge in [0.25, 0.3) is 0 Å². The molecular weight excluding hydrogens is 364 g/mol. The van der Waals surface area contributed by atoms with E-state index in [2.05, 4.69) is 4.98 Å². The van der Waals surface area contributed by atoms with E-state index in [0.29, 0.717) is 17.1 Å². The summed E-state index contributed by atoms with van der Waals surface area (Å²) in [5.74, 6) is 1.24. The van der Waals surface area contributed by atoms with Gasteiger partial charge in [-0.3, -0.25) is 9.78 Å². The summed E-state index contributed by atoms with van der Waals surface area (Å²) in [7, 11) is 3.19. The Morgan fingerprint density at radius 3 is 2.62 bits per heavy atom. The van der Waals surface area contributed by atoms with Crippen molar-refractivity contribution in [3.8, 4) is 22.8 Å². The number of nitrogens with zero attached hydrogens (tertiary/aromatic N) is 2. The summed E-state index contributed by atoms with van der Waals surface area (Å²) < 4.78 is 12.5. The van der Waals surface area contributed by atoms with Crippen LogP contribution in [0.5, 0.6) is 11.5 Å². The Bertz CT molecular complexity index is 1190. The summed E-state index contributed by atoms with van der Waals surface area (Å²) >= 11 is 0. The van der Waals surface area contributed by atoms with Gasteiger partial charge in [0.15, 0.2) is 5.78 Å². The minimum Gasteiger partial charge on any atom is -0.497 e. The Kier molecular flexibility index (Phi) is 5.12. The van der Waals surface area contributed by atoms with Gasteiger partial charge in [0.2, 0.25) is 0 Å². The number of carbonyl (C=O) groups excluding carboxylic acids is 1. The van der Waals surface area contributed by atoms with E-state index in [1.54, 1.807) is 38.6 Å². The summed E-state index contributed by atoms with van der Waals surface area (Å²) in [6, 6.07) is 17.2. The summed E-state index contributed by atoms with van der Waals surface area (Å²) in [6.07, 6.45) is 8.83. The summed E-state index contributed by atoms with van der Waals surface area (Å²) in [6.45, 7) is 0. The number of rotatable bonds is 6. The van der Waals surface area contributed by atoms with Crippen LogP contribution < -0.4 is 9.47 Å². The lowest BCUT2D eigenvalue weighted by atomic mass is 10.1. The molecule has 0 N–H and O–H groups in total. The van der Waals surface area contributed by atoms with Gasteiger partial charge in [-0.25, -0.2) is 0 Å². The highest BCUT2D eigenvalue weighted by Crippen LogP contribution is 2.26. The zero-order chi connectivity index (χ0) is 20.2. The van der Waals surface area contributed by atoms with Crippen LogP contribution in [0.15, 0.2) is 79.3 Å². The number of fused-ring (bicyclic) bond motifs is 1. The van der Waals surface area contributed by atoms with Gasteiger partial charge in [-0.05, 0) is 30.4 Å². The molecule has 0 aliphatic carbocycles. The number of carbonyl (C=O) groups is 1. The molecule has 0 saturated carbocycles. The third kappa shape index (κ3) is 3.75. The largest absolute Gasteiger partial charge is 0.497 e. The standard InChI is InChI=1S/C24H20N2O3/c1-28-19-10-8-18(24(14-19)29-2)9-11-23(27)20-12-13-26-16-21(25-15-22(20)26)17-6-4-3-5-7-17/h3-16H,1-2H3/b11-9+. The first-order chi connectivity index (χ1) is 14.2. The van der Waals surface area contributed by atoms with Crippen molar-refractivity contribution in [2.45, 2.75) is 0 Å². The van der Waals surface area contributed by atoms with E-state index >= 15 is 0 Å². The Labute approximate surface area is 168 Å². The molecule has 0 aliphatic heterocycles. The van der Waals surface area contributed by atoms with Crippen LogP contribution in [0.3, 0.4) is 0 Å². The van der Waals surface area contributed by atoms with Gasteiger partial charge in [-0.15, -0.1) is 0 Å². The van der Waals surface area contributed by atoms with E-state index in [4.69, 9.17) is 9.47 Å². The smallest absolute Gasteiger partial charge is 0.188 e. The first-order valence-corrected chi connectivity index (χ1v) is 9.16. The molecule has 29 heavy (non-hydrogen) atoms. The normalized spacial score (nSPS) is 11.1. The maximum atomic E-state index is 12.8. The van der Waals surface area contributed by atoms with Crippen molar-refractivity contribution in [1.82, 2.24) is 9.38 Å². The lowest BCUT2D eigenvalue weighted by Gasteiger charge is -2.07. The van der Waals surface area contributed by atoms with E-state index in [-0.39, 0.29) is 5.78 Å². The molecule has 0 aliphatic rings. The molecular formula is C24H20N2O3. The fourth-order valence-corrected chi connectivity index (χ4v) is 3.18. The molecule has 4 aromatic rings. The molecule has 0 radical (unpaired) electrons. The summed E-state index contributed by atoms with van der Waals surface area (Å²) in [5.41, 5.74) is 4.05. The van der Waals surface area contributed by atoms with Crippen molar-refractivity contribution in [1.29, 1.82) is 0 Å². The van der Waals surface area contributed by atoms with Crippen molar-refractivity contribution < 1.29 is 14.3 Å². The molecule has 4 rings (SSSR count). The van der Waals surface area contributed by atoms with Gasteiger partial charge in [0.05, 0.1) is 31.6 Å². The van der Waals surface area contributed by atoms with Crippen molar-refractivity contribution in [3.05, 3.63) is 90.4 Å². The first-order valence-electron chi connectivity index (χ1n) is 9.16. The van der Waals surface area contributed by atoms with Gasteiger partial charge in [-0.1, -0.05) is 30.3 Å². The zero-order valence-electron chi connectivity index (χ0n) is 16.2. The van der Waals surface area contributed by atoms with E-state index < -0.39 is 0 Å². The fraction of sp³-hybridized carbons (Fsp3) is 0.0833. The molecule has 0 amide bonds. The Balaban J connectivity index is 1.62. The van der Waals surface area contributed by atoms with Gasteiger partial charge < -0.3 is 13.9 Å². The molecule has 0 fully saturated rings. The second-order valence-corrected chi connectivity index (χ2v) is 6.47. The number of aromatic nitrogens is 2. The van der Waals surface area contributed by atoms with Crippen LogP contribution in [-0.2, 0) is 0 Å². The number of benzene rings is 2. The lowest BCUT2D eigenvalue weighted by molar-refractivity contribution is 0.104. The highest BCUT2D eigenvalue weighted by molar-refractivity contribution is 6.11. The molecule has 0 atom stereocenters. The zero-order valence-corrected chi connectivity index (χ0v) is 16.2. The molecule has 0 saturated heterocycles. The van der Waals surface area contributed by atoms with Gasteiger partial charge in [0, 0.05) is 35.2 Å². The number of allylic oxidation sites excluding steroid dienone is 1. The van der Waals surface area contributed by atoms with Crippen LogP contribution in [-0.4, -0.2) is 29.4 Å². The third-order valence-corrected chi connectivity index (χ3v) is 4.73. The minimum absolute atomic E-state index is 0.0976. The second kappa shape index (κ2) is 8.02. The predicted octanol–water partition coefficient (Wildman–Crippen LogP) is 4.91. The maximum Gasteiger partial charge on any atom is 0.188 e. The minimum atomic E-state index is -0.0976. The van der Waals surface area contributed by atoms with Crippen LogP contribution in [0.25, 0.3) is 22.9 Å². The molecule has 5 nitrogen and oxygen atoms in total. The molecule has 0 spiro atoms.